The molecule has 0 fully saturated rings. The largest absolute Gasteiger partial charge is 0.492 e. The number of benzene rings is 2. The SMILES string of the molecule is CN(C)CCOc1ccccc1-c1csc(NC(=O)CCc2ccccc2)n1. The highest BCUT2D eigenvalue weighted by Gasteiger charge is 2.12. The van der Waals surface area contributed by atoms with Crippen LogP contribution in [0, 0.1) is 0 Å². The van der Waals surface area contributed by atoms with Crippen LogP contribution in [0.4, 0.5) is 5.13 Å². The molecular weight excluding hydrogens is 370 g/mol. The highest BCUT2D eigenvalue weighted by Crippen LogP contribution is 2.32. The van der Waals surface area contributed by atoms with Crippen LogP contribution in [0.2, 0.25) is 0 Å². The number of aryl methyl sites for hydroxylation is 1. The maximum Gasteiger partial charge on any atom is 0.226 e. The first-order valence-corrected chi connectivity index (χ1v) is 10.2. The Labute approximate surface area is 170 Å². The van der Waals surface area contributed by atoms with Crippen molar-refractivity contribution in [2.75, 3.05) is 32.6 Å². The number of aromatic nitrogens is 1. The molecule has 6 heteroatoms. The normalized spacial score (nSPS) is 10.8. The quantitative estimate of drug-likeness (QED) is 0.586. The van der Waals surface area contributed by atoms with E-state index >= 15 is 0 Å². The fourth-order valence-corrected chi connectivity index (χ4v) is 3.41. The van der Waals surface area contributed by atoms with Crippen LogP contribution >= 0.6 is 11.3 Å². The molecule has 0 bridgehead atoms. The summed E-state index contributed by atoms with van der Waals surface area (Å²) in [6.07, 6.45) is 1.15. The van der Waals surface area contributed by atoms with E-state index in [1.165, 1.54) is 11.3 Å². The Morgan fingerprint density at radius 3 is 2.64 bits per heavy atom. The summed E-state index contributed by atoms with van der Waals surface area (Å²) < 4.78 is 5.92. The molecular formula is C22H25N3O2S. The third-order valence-electron chi connectivity index (χ3n) is 4.19. The van der Waals surface area contributed by atoms with E-state index in [9.17, 15) is 4.79 Å². The van der Waals surface area contributed by atoms with Gasteiger partial charge in [0.15, 0.2) is 5.13 Å². The van der Waals surface area contributed by atoms with Crippen molar-refractivity contribution in [1.29, 1.82) is 0 Å². The lowest BCUT2D eigenvalue weighted by Crippen LogP contribution is -2.19. The van der Waals surface area contributed by atoms with E-state index in [0.29, 0.717) is 24.6 Å². The van der Waals surface area contributed by atoms with Crippen molar-refractivity contribution >= 4 is 22.4 Å². The number of nitrogens with zero attached hydrogens (tertiary/aromatic N) is 2. The third-order valence-corrected chi connectivity index (χ3v) is 4.95. The number of amides is 1. The minimum Gasteiger partial charge on any atom is -0.492 e. The molecule has 0 saturated heterocycles. The first-order valence-electron chi connectivity index (χ1n) is 9.28. The van der Waals surface area contributed by atoms with E-state index in [4.69, 9.17) is 4.74 Å². The van der Waals surface area contributed by atoms with Crippen molar-refractivity contribution < 1.29 is 9.53 Å². The van der Waals surface area contributed by atoms with E-state index in [1.807, 2.05) is 74.1 Å². The molecule has 146 valence electrons. The molecule has 2 aromatic carbocycles. The summed E-state index contributed by atoms with van der Waals surface area (Å²) in [6, 6.07) is 17.9. The monoisotopic (exact) mass is 395 g/mol. The molecule has 1 amide bonds. The van der Waals surface area contributed by atoms with Crippen molar-refractivity contribution in [3.8, 4) is 17.0 Å². The van der Waals surface area contributed by atoms with Gasteiger partial charge in [-0.25, -0.2) is 4.98 Å². The van der Waals surface area contributed by atoms with Gasteiger partial charge in [-0.3, -0.25) is 4.79 Å². The predicted octanol–water partition coefficient (Wildman–Crippen LogP) is 4.32. The van der Waals surface area contributed by atoms with Crippen LogP contribution in [0.25, 0.3) is 11.3 Å². The molecule has 5 nitrogen and oxygen atoms in total. The van der Waals surface area contributed by atoms with Crippen molar-refractivity contribution in [2.24, 2.45) is 0 Å². The summed E-state index contributed by atoms with van der Waals surface area (Å²) in [5, 5.41) is 5.45. The number of rotatable bonds is 9. The van der Waals surface area contributed by atoms with Crippen LogP contribution in [0.3, 0.4) is 0 Å². The number of anilines is 1. The topological polar surface area (TPSA) is 54.5 Å². The number of carbonyl (C=O) groups excluding carboxylic acids is 1. The number of hydrogen-bond donors (Lipinski definition) is 1. The smallest absolute Gasteiger partial charge is 0.226 e. The number of likely N-dealkylation sites (N-methyl/N-ethyl adjacent to an activating group) is 1. The van der Waals surface area contributed by atoms with Gasteiger partial charge in [-0.2, -0.15) is 0 Å². The lowest BCUT2D eigenvalue weighted by Gasteiger charge is -2.13. The zero-order valence-corrected chi connectivity index (χ0v) is 17.0. The van der Waals surface area contributed by atoms with Crippen LogP contribution in [-0.2, 0) is 11.2 Å². The maximum absolute atomic E-state index is 12.2. The fourth-order valence-electron chi connectivity index (χ4n) is 2.68. The van der Waals surface area contributed by atoms with E-state index < -0.39 is 0 Å². The fraction of sp³-hybridized carbons (Fsp3) is 0.273. The number of thiazole rings is 1. The molecule has 1 N–H and O–H groups in total. The predicted molar refractivity (Wildman–Crippen MR) is 115 cm³/mol. The van der Waals surface area contributed by atoms with Gasteiger partial charge in [0.05, 0.1) is 5.69 Å². The molecule has 0 saturated carbocycles. The minimum absolute atomic E-state index is 0.0275. The van der Waals surface area contributed by atoms with Gasteiger partial charge >= 0.3 is 0 Å². The Bertz CT molecular complexity index is 894. The summed E-state index contributed by atoms with van der Waals surface area (Å²) in [6.45, 7) is 1.45. The van der Waals surface area contributed by atoms with E-state index in [-0.39, 0.29) is 5.91 Å². The van der Waals surface area contributed by atoms with E-state index in [0.717, 1.165) is 29.1 Å². The lowest BCUT2D eigenvalue weighted by molar-refractivity contribution is -0.116. The Morgan fingerprint density at radius 2 is 1.86 bits per heavy atom. The Morgan fingerprint density at radius 1 is 1.11 bits per heavy atom. The molecule has 1 aromatic heterocycles. The Hall–Kier alpha value is -2.70. The zero-order valence-electron chi connectivity index (χ0n) is 16.2. The molecule has 3 rings (SSSR count). The van der Waals surface area contributed by atoms with E-state index in [1.54, 1.807) is 0 Å². The van der Waals surface area contributed by atoms with Gasteiger partial charge in [-0.15, -0.1) is 11.3 Å². The first-order chi connectivity index (χ1) is 13.6. The van der Waals surface area contributed by atoms with Crippen molar-refractivity contribution in [2.45, 2.75) is 12.8 Å². The van der Waals surface area contributed by atoms with Gasteiger partial charge in [0, 0.05) is 23.9 Å². The second-order valence-electron chi connectivity index (χ2n) is 6.72. The van der Waals surface area contributed by atoms with E-state index in [2.05, 4.69) is 15.2 Å². The van der Waals surface area contributed by atoms with Crippen molar-refractivity contribution in [1.82, 2.24) is 9.88 Å². The molecule has 0 unspecified atom stereocenters. The summed E-state index contributed by atoms with van der Waals surface area (Å²) in [4.78, 5) is 18.9. The summed E-state index contributed by atoms with van der Waals surface area (Å²) in [7, 11) is 4.03. The Balaban J connectivity index is 1.60. The summed E-state index contributed by atoms with van der Waals surface area (Å²) >= 11 is 1.42. The highest BCUT2D eigenvalue weighted by molar-refractivity contribution is 7.14. The van der Waals surface area contributed by atoms with Crippen LogP contribution in [0.1, 0.15) is 12.0 Å². The van der Waals surface area contributed by atoms with Crippen LogP contribution < -0.4 is 10.1 Å². The number of carbonyl (C=O) groups is 1. The average Bonchev–Trinajstić information content (AvgIpc) is 3.15. The standard InChI is InChI=1S/C22H25N3O2S/c1-25(2)14-15-27-20-11-7-6-10-18(20)19-16-28-22(23-19)24-21(26)13-12-17-8-4-3-5-9-17/h3-11,16H,12-15H2,1-2H3,(H,23,24,26). The van der Waals surface area contributed by atoms with Gasteiger partial charge in [0.1, 0.15) is 12.4 Å². The summed E-state index contributed by atoms with van der Waals surface area (Å²) in [5.74, 6) is 0.775. The lowest BCUT2D eigenvalue weighted by atomic mass is 10.1. The molecule has 28 heavy (non-hydrogen) atoms. The van der Waals surface area contributed by atoms with Gasteiger partial charge in [0.2, 0.25) is 5.91 Å². The molecule has 0 aliphatic carbocycles. The zero-order chi connectivity index (χ0) is 19.8. The third kappa shape index (κ3) is 5.90. The highest BCUT2D eigenvalue weighted by atomic mass is 32.1. The molecule has 0 radical (unpaired) electrons. The van der Waals surface area contributed by atoms with Gasteiger partial charge < -0.3 is 15.0 Å². The van der Waals surface area contributed by atoms with Crippen molar-refractivity contribution in [3.63, 3.8) is 0 Å². The number of ether oxygens (including phenoxy) is 1. The minimum atomic E-state index is -0.0275. The van der Waals surface area contributed by atoms with Gasteiger partial charge in [-0.1, -0.05) is 42.5 Å². The van der Waals surface area contributed by atoms with Crippen molar-refractivity contribution in [3.05, 3.63) is 65.5 Å². The molecule has 0 aliphatic rings. The van der Waals surface area contributed by atoms with Gasteiger partial charge in [0.25, 0.3) is 0 Å². The number of para-hydroxylation sites is 1. The number of nitrogens with one attached hydrogen (secondary N) is 1. The molecule has 0 spiro atoms. The number of hydrogen-bond acceptors (Lipinski definition) is 5. The molecule has 3 aromatic rings. The average molecular weight is 396 g/mol. The second kappa shape index (κ2) is 10.0. The van der Waals surface area contributed by atoms with Gasteiger partial charge in [-0.05, 0) is 38.2 Å². The first kappa shape index (κ1) is 20.0. The maximum atomic E-state index is 12.2. The second-order valence-corrected chi connectivity index (χ2v) is 7.58. The van der Waals surface area contributed by atoms with Crippen LogP contribution in [0.5, 0.6) is 5.75 Å². The molecule has 0 aliphatic heterocycles. The Kier molecular flexibility index (Phi) is 7.17. The molecule has 1 heterocycles. The van der Waals surface area contributed by atoms with Crippen LogP contribution in [0.15, 0.2) is 60.0 Å². The van der Waals surface area contributed by atoms with Crippen LogP contribution in [-0.4, -0.2) is 43.0 Å². The molecule has 0 atom stereocenters. The summed E-state index contributed by atoms with van der Waals surface area (Å²) in [5.41, 5.74) is 2.90.